The van der Waals surface area contributed by atoms with Crippen LogP contribution in [0.4, 0.5) is 0 Å². The van der Waals surface area contributed by atoms with Crippen LogP contribution in [0.3, 0.4) is 0 Å². The Bertz CT molecular complexity index is 522. The molecule has 0 atom stereocenters. The number of ether oxygens (including phenoxy) is 2. The number of hydrogen-bond donors (Lipinski definition) is 1. The van der Waals surface area contributed by atoms with E-state index in [1.807, 2.05) is 4.90 Å². The van der Waals surface area contributed by atoms with Crippen molar-refractivity contribution in [1.82, 2.24) is 10.2 Å². The summed E-state index contributed by atoms with van der Waals surface area (Å²) in [5, 5.41) is 3.26. The topological polar surface area (TPSA) is 67.9 Å². The standard InChI is InChI=1S/C21H34N2O4/c24-19(22-18-4-2-1-3-5-18)16-6-8-17(9-7-16)20(25)23-12-10-21(11-13-23)26-14-15-27-21/h16-18H,1-15H2,(H,22,24). The molecule has 0 bridgehead atoms. The molecule has 4 aliphatic rings. The molecule has 0 aromatic rings. The highest BCUT2D eigenvalue weighted by Gasteiger charge is 2.42. The molecule has 6 heteroatoms. The maximum Gasteiger partial charge on any atom is 0.225 e. The van der Waals surface area contributed by atoms with Crippen LogP contribution in [0, 0.1) is 11.8 Å². The molecule has 0 radical (unpaired) electrons. The molecule has 0 unspecified atom stereocenters. The third-order valence-corrected chi connectivity index (χ3v) is 7.05. The van der Waals surface area contributed by atoms with E-state index in [9.17, 15) is 9.59 Å². The Morgan fingerprint density at radius 2 is 1.41 bits per heavy atom. The number of nitrogens with zero attached hydrogens (tertiary/aromatic N) is 1. The van der Waals surface area contributed by atoms with Crippen LogP contribution in [0.25, 0.3) is 0 Å². The van der Waals surface area contributed by atoms with Crippen LogP contribution in [0.2, 0.25) is 0 Å². The zero-order valence-electron chi connectivity index (χ0n) is 16.4. The Morgan fingerprint density at radius 3 is 2.04 bits per heavy atom. The first-order valence-corrected chi connectivity index (χ1v) is 11.0. The highest BCUT2D eigenvalue weighted by molar-refractivity contribution is 5.81. The molecule has 2 heterocycles. The largest absolute Gasteiger partial charge is 0.353 e. The van der Waals surface area contributed by atoms with Crippen molar-refractivity contribution in [3.63, 3.8) is 0 Å². The van der Waals surface area contributed by atoms with Crippen LogP contribution >= 0.6 is 0 Å². The van der Waals surface area contributed by atoms with Gasteiger partial charge in [0, 0.05) is 43.8 Å². The Morgan fingerprint density at radius 1 is 0.815 bits per heavy atom. The molecule has 2 amide bonds. The summed E-state index contributed by atoms with van der Waals surface area (Å²) in [6, 6.07) is 0.381. The Labute approximate surface area is 162 Å². The van der Waals surface area contributed by atoms with E-state index in [4.69, 9.17) is 9.47 Å². The lowest BCUT2D eigenvalue weighted by Crippen LogP contribution is -2.49. The summed E-state index contributed by atoms with van der Waals surface area (Å²) in [7, 11) is 0. The number of nitrogens with one attached hydrogen (secondary N) is 1. The fraction of sp³-hybridized carbons (Fsp3) is 0.905. The van der Waals surface area contributed by atoms with E-state index in [0.717, 1.165) is 64.5 Å². The van der Waals surface area contributed by atoms with Gasteiger partial charge in [-0.15, -0.1) is 0 Å². The van der Waals surface area contributed by atoms with Crippen LogP contribution in [0.15, 0.2) is 0 Å². The normalized spacial score (nSPS) is 31.8. The quantitative estimate of drug-likeness (QED) is 0.820. The molecule has 152 valence electrons. The molecule has 2 aliphatic heterocycles. The molecule has 2 saturated carbocycles. The predicted octanol–water partition coefficient (Wildman–Crippen LogP) is 2.61. The van der Waals surface area contributed by atoms with Gasteiger partial charge in [0.1, 0.15) is 0 Å². The van der Waals surface area contributed by atoms with E-state index in [1.165, 1.54) is 19.3 Å². The van der Waals surface area contributed by atoms with Crippen LogP contribution in [-0.2, 0) is 19.1 Å². The summed E-state index contributed by atoms with van der Waals surface area (Å²) < 4.78 is 11.5. The lowest BCUT2D eigenvalue weighted by molar-refractivity contribution is -0.188. The monoisotopic (exact) mass is 378 g/mol. The van der Waals surface area contributed by atoms with Crippen molar-refractivity contribution in [1.29, 1.82) is 0 Å². The number of hydrogen-bond acceptors (Lipinski definition) is 4. The summed E-state index contributed by atoms with van der Waals surface area (Å²) in [5.41, 5.74) is 0. The molecule has 1 N–H and O–H groups in total. The summed E-state index contributed by atoms with van der Waals surface area (Å²) >= 11 is 0. The molecule has 0 aromatic carbocycles. The molecule has 2 saturated heterocycles. The van der Waals surface area contributed by atoms with Crippen LogP contribution in [0.5, 0.6) is 0 Å². The third kappa shape index (κ3) is 4.48. The number of carbonyl (C=O) groups excluding carboxylic acids is 2. The fourth-order valence-corrected chi connectivity index (χ4v) is 5.28. The Kier molecular flexibility index (Phi) is 6.02. The third-order valence-electron chi connectivity index (χ3n) is 7.05. The average Bonchev–Trinajstić information content (AvgIpc) is 3.17. The van der Waals surface area contributed by atoms with Gasteiger partial charge in [-0.1, -0.05) is 19.3 Å². The van der Waals surface area contributed by atoms with Gasteiger partial charge in [0.15, 0.2) is 5.79 Å². The molecular weight excluding hydrogens is 344 g/mol. The second-order valence-corrected chi connectivity index (χ2v) is 8.82. The summed E-state index contributed by atoms with van der Waals surface area (Å²) in [6.07, 6.45) is 11.0. The average molecular weight is 379 g/mol. The molecule has 2 aliphatic carbocycles. The smallest absolute Gasteiger partial charge is 0.225 e. The molecule has 4 rings (SSSR count). The molecule has 6 nitrogen and oxygen atoms in total. The van der Waals surface area contributed by atoms with E-state index >= 15 is 0 Å². The predicted molar refractivity (Wildman–Crippen MR) is 101 cm³/mol. The van der Waals surface area contributed by atoms with Gasteiger partial charge in [-0.2, -0.15) is 0 Å². The Hall–Kier alpha value is -1.14. The maximum atomic E-state index is 12.9. The minimum atomic E-state index is -0.425. The first-order valence-electron chi connectivity index (χ1n) is 11.0. The van der Waals surface area contributed by atoms with Gasteiger partial charge in [-0.25, -0.2) is 0 Å². The maximum absolute atomic E-state index is 12.9. The second kappa shape index (κ2) is 8.48. The lowest BCUT2D eigenvalue weighted by Gasteiger charge is -2.39. The second-order valence-electron chi connectivity index (χ2n) is 8.82. The highest BCUT2D eigenvalue weighted by atomic mass is 16.7. The zero-order chi connectivity index (χ0) is 18.7. The van der Waals surface area contributed by atoms with Gasteiger partial charge in [0.05, 0.1) is 13.2 Å². The van der Waals surface area contributed by atoms with Crippen molar-refractivity contribution in [2.75, 3.05) is 26.3 Å². The SMILES string of the molecule is O=C(NC1CCCCC1)C1CCC(C(=O)N2CCC3(CC2)OCCO3)CC1. The van der Waals surface area contributed by atoms with Gasteiger partial charge in [-0.3, -0.25) is 9.59 Å². The van der Waals surface area contributed by atoms with Crippen LogP contribution < -0.4 is 5.32 Å². The number of likely N-dealkylation sites (tertiary alicyclic amines) is 1. The molecule has 0 aromatic heterocycles. The van der Waals surface area contributed by atoms with E-state index in [1.54, 1.807) is 0 Å². The fourth-order valence-electron chi connectivity index (χ4n) is 5.28. The number of carbonyl (C=O) groups is 2. The van der Waals surface area contributed by atoms with E-state index in [0.29, 0.717) is 19.3 Å². The lowest BCUT2D eigenvalue weighted by atomic mass is 9.80. The first kappa shape index (κ1) is 19.2. The molecule has 27 heavy (non-hydrogen) atoms. The van der Waals surface area contributed by atoms with Crippen molar-refractivity contribution in [3.8, 4) is 0 Å². The van der Waals surface area contributed by atoms with Crippen LogP contribution in [0.1, 0.15) is 70.6 Å². The van der Waals surface area contributed by atoms with Gasteiger partial charge in [0.25, 0.3) is 0 Å². The van der Waals surface area contributed by atoms with Crippen LogP contribution in [-0.4, -0.2) is 54.8 Å². The molecule has 4 fully saturated rings. The van der Waals surface area contributed by atoms with Gasteiger partial charge >= 0.3 is 0 Å². The first-order chi connectivity index (χ1) is 13.2. The van der Waals surface area contributed by atoms with Gasteiger partial charge < -0.3 is 19.7 Å². The molecule has 1 spiro atoms. The number of amides is 2. The zero-order valence-corrected chi connectivity index (χ0v) is 16.4. The summed E-state index contributed by atoms with van der Waals surface area (Å²) in [6.45, 7) is 2.78. The van der Waals surface area contributed by atoms with Crippen molar-refractivity contribution >= 4 is 11.8 Å². The van der Waals surface area contributed by atoms with Crippen molar-refractivity contribution < 1.29 is 19.1 Å². The van der Waals surface area contributed by atoms with Gasteiger partial charge in [0.2, 0.25) is 11.8 Å². The van der Waals surface area contributed by atoms with Crippen molar-refractivity contribution in [2.24, 2.45) is 11.8 Å². The Balaban J connectivity index is 1.20. The van der Waals surface area contributed by atoms with Gasteiger partial charge in [-0.05, 0) is 38.5 Å². The van der Waals surface area contributed by atoms with E-state index < -0.39 is 5.79 Å². The summed E-state index contributed by atoms with van der Waals surface area (Å²) in [5.74, 6) is 0.257. The van der Waals surface area contributed by atoms with E-state index in [-0.39, 0.29) is 23.7 Å². The minimum absolute atomic E-state index is 0.0863. The minimum Gasteiger partial charge on any atom is -0.353 e. The summed E-state index contributed by atoms with van der Waals surface area (Å²) in [4.78, 5) is 27.4. The molecular formula is C21H34N2O4. The number of rotatable bonds is 3. The van der Waals surface area contributed by atoms with Crippen molar-refractivity contribution in [3.05, 3.63) is 0 Å². The van der Waals surface area contributed by atoms with Crippen molar-refractivity contribution in [2.45, 2.75) is 82.5 Å². The number of piperidine rings is 1. The highest BCUT2D eigenvalue weighted by Crippen LogP contribution is 2.34. The van der Waals surface area contributed by atoms with E-state index in [2.05, 4.69) is 5.32 Å².